The van der Waals surface area contributed by atoms with Gasteiger partial charge in [-0.3, -0.25) is 0 Å². The van der Waals surface area contributed by atoms with Gasteiger partial charge >= 0.3 is 5.97 Å². The molecule has 0 fully saturated rings. The van der Waals surface area contributed by atoms with Gasteiger partial charge in [-0.25, -0.2) is 4.79 Å². The third-order valence-electron chi connectivity index (χ3n) is 2.33. The van der Waals surface area contributed by atoms with Gasteiger partial charge in [0, 0.05) is 5.56 Å². The Morgan fingerprint density at radius 1 is 1.54 bits per heavy atom. The van der Waals surface area contributed by atoms with Crippen molar-refractivity contribution in [3.63, 3.8) is 0 Å². The molecule has 0 radical (unpaired) electrons. The Morgan fingerprint density at radius 3 is 3.00 bits per heavy atom. The zero-order valence-corrected chi connectivity index (χ0v) is 7.46. The third-order valence-corrected chi connectivity index (χ3v) is 2.33. The van der Waals surface area contributed by atoms with Gasteiger partial charge in [-0.2, -0.15) is 0 Å². The molecule has 0 saturated heterocycles. The summed E-state index contributed by atoms with van der Waals surface area (Å²) >= 11 is 0. The van der Waals surface area contributed by atoms with Crippen molar-refractivity contribution < 1.29 is 9.53 Å². The number of carbonyl (C=O) groups excluding carboxylic acids is 1. The molecular formula is C11H10O2. The molecule has 0 amide bonds. The number of hydrogen-bond donors (Lipinski definition) is 0. The lowest BCUT2D eigenvalue weighted by Crippen LogP contribution is -1.97. The minimum atomic E-state index is -0.212. The van der Waals surface area contributed by atoms with Crippen LogP contribution in [0.1, 0.15) is 27.0 Å². The second-order valence-corrected chi connectivity index (χ2v) is 3.11. The van der Waals surface area contributed by atoms with Crippen molar-refractivity contribution in [3.8, 4) is 0 Å². The number of ether oxygens (including phenoxy) is 1. The lowest BCUT2D eigenvalue weighted by Gasteiger charge is -2.02. The number of cyclic esters (lactones) is 1. The van der Waals surface area contributed by atoms with E-state index in [0.717, 1.165) is 22.3 Å². The van der Waals surface area contributed by atoms with Gasteiger partial charge in [-0.05, 0) is 18.1 Å². The summed E-state index contributed by atoms with van der Waals surface area (Å²) in [5.74, 6) is -0.212. The smallest absolute Gasteiger partial charge is 0.339 e. The van der Waals surface area contributed by atoms with Crippen LogP contribution in [0.5, 0.6) is 0 Å². The Balaban J connectivity index is 2.72. The van der Waals surface area contributed by atoms with E-state index in [9.17, 15) is 4.79 Å². The van der Waals surface area contributed by atoms with E-state index in [2.05, 4.69) is 6.58 Å². The predicted molar refractivity (Wildman–Crippen MR) is 50.4 cm³/mol. The molecule has 2 heteroatoms. The fraction of sp³-hybridized carbons (Fsp3) is 0.182. The highest BCUT2D eigenvalue weighted by Gasteiger charge is 2.24. The Bertz CT molecular complexity index is 391. The van der Waals surface area contributed by atoms with Crippen LogP contribution in [0, 0.1) is 6.92 Å². The standard InChI is InChI=1S/C11H10O2/c1-3-8-5-4-7(2)10-9(8)6-13-11(10)12/h3-5H,1,6H2,2H3. The van der Waals surface area contributed by atoms with Crippen molar-refractivity contribution in [3.05, 3.63) is 41.0 Å². The first-order valence-corrected chi connectivity index (χ1v) is 4.16. The van der Waals surface area contributed by atoms with Crippen LogP contribution in [0.15, 0.2) is 18.7 Å². The maximum Gasteiger partial charge on any atom is 0.339 e. The topological polar surface area (TPSA) is 26.3 Å². The van der Waals surface area contributed by atoms with Gasteiger partial charge in [0.15, 0.2) is 0 Å². The molecule has 1 aromatic carbocycles. The lowest BCUT2D eigenvalue weighted by molar-refractivity contribution is 0.0534. The molecule has 2 rings (SSSR count). The van der Waals surface area contributed by atoms with Crippen LogP contribution in [0.2, 0.25) is 0 Å². The molecular weight excluding hydrogens is 164 g/mol. The van der Waals surface area contributed by atoms with Crippen LogP contribution >= 0.6 is 0 Å². The summed E-state index contributed by atoms with van der Waals surface area (Å²) in [4.78, 5) is 11.3. The SMILES string of the molecule is C=Cc1ccc(C)c2c1COC2=O. The first-order valence-electron chi connectivity index (χ1n) is 4.16. The van der Waals surface area contributed by atoms with Gasteiger partial charge in [0.05, 0.1) is 5.56 Å². The summed E-state index contributed by atoms with van der Waals surface area (Å²) in [6, 6.07) is 3.88. The van der Waals surface area contributed by atoms with Crippen LogP contribution in [0.25, 0.3) is 6.08 Å². The van der Waals surface area contributed by atoms with E-state index >= 15 is 0 Å². The van der Waals surface area contributed by atoms with E-state index in [1.165, 1.54) is 0 Å². The molecule has 1 aromatic rings. The molecule has 2 nitrogen and oxygen atoms in total. The fourth-order valence-electron chi connectivity index (χ4n) is 1.62. The summed E-state index contributed by atoms with van der Waals surface area (Å²) in [6.45, 7) is 6.00. The summed E-state index contributed by atoms with van der Waals surface area (Å²) in [6.07, 6.45) is 1.75. The Labute approximate surface area is 76.8 Å². The molecule has 13 heavy (non-hydrogen) atoms. The highest BCUT2D eigenvalue weighted by molar-refractivity contribution is 5.96. The molecule has 0 unspecified atom stereocenters. The Kier molecular flexibility index (Phi) is 1.69. The van der Waals surface area contributed by atoms with Crippen molar-refractivity contribution in [1.29, 1.82) is 0 Å². The molecule has 0 N–H and O–H groups in total. The Morgan fingerprint density at radius 2 is 2.31 bits per heavy atom. The van der Waals surface area contributed by atoms with Crippen LogP contribution in [0.4, 0.5) is 0 Å². The maximum atomic E-state index is 11.3. The zero-order valence-electron chi connectivity index (χ0n) is 7.46. The molecule has 0 bridgehead atoms. The average molecular weight is 174 g/mol. The largest absolute Gasteiger partial charge is 0.457 e. The highest BCUT2D eigenvalue weighted by atomic mass is 16.5. The quantitative estimate of drug-likeness (QED) is 0.610. The van der Waals surface area contributed by atoms with E-state index in [0.29, 0.717) is 6.61 Å². The average Bonchev–Trinajstić information content (AvgIpc) is 2.50. The van der Waals surface area contributed by atoms with Gasteiger partial charge in [-0.1, -0.05) is 24.8 Å². The summed E-state index contributed by atoms with van der Waals surface area (Å²) in [7, 11) is 0. The van der Waals surface area contributed by atoms with Crippen molar-refractivity contribution in [2.45, 2.75) is 13.5 Å². The first-order chi connectivity index (χ1) is 6.24. The second-order valence-electron chi connectivity index (χ2n) is 3.11. The molecule has 0 aliphatic carbocycles. The summed E-state index contributed by atoms with van der Waals surface area (Å²) in [5, 5.41) is 0. The minimum absolute atomic E-state index is 0.212. The molecule has 0 atom stereocenters. The number of esters is 1. The van der Waals surface area contributed by atoms with Gasteiger partial charge < -0.3 is 4.74 Å². The van der Waals surface area contributed by atoms with Gasteiger partial charge in [0.2, 0.25) is 0 Å². The molecule has 1 heterocycles. The fourth-order valence-corrected chi connectivity index (χ4v) is 1.62. The normalized spacial score (nSPS) is 13.8. The van der Waals surface area contributed by atoms with Gasteiger partial charge in [0.1, 0.15) is 6.61 Å². The van der Waals surface area contributed by atoms with Crippen molar-refractivity contribution >= 4 is 12.0 Å². The number of hydrogen-bond acceptors (Lipinski definition) is 2. The van der Waals surface area contributed by atoms with Gasteiger partial charge in [0.25, 0.3) is 0 Å². The van der Waals surface area contributed by atoms with Crippen molar-refractivity contribution in [2.24, 2.45) is 0 Å². The molecule has 0 saturated carbocycles. The highest BCUT2D eigenvalue weighted by Crippen LogP contribution is 2.27. The Hall–Kier alpha value is -1.57. The minimum Gasteiger partial charge on any atom is -0.457 e. The van der Waals surface area contributed by atoms with E-state index in [1.807, 2.05) is 19.1 Å². The molecule has 1 aliphatic rings. The van der Waals surface area contributed by atoms with Crippen LogP contribution in [-0.2, 0) is 11.3 Å². The van der Waals surface area contributed by atoms with E-state index < -0.39 is 0 Å². The summed E-state index contributed by atoms with van der Waals surface area (Å²) in [5.41, 5.74) is 3.66. The van der Waals surface area contributed by atoms with Gasteiger partial charge in [-0.15, -0.1) is 0 Å². The zero-order chi connectivity index (χ0) is 9.42. The maximum absolute atomic E-state index is 11.3. The van der Waals surface area contributed by atoms with E-state index in [1.54, 1.807) is 6.08 Å². The van der Waals surface area contributed by atoms with Crippen LogP contribution in [-0.4, -0.2) is 5.97 Å². The summed E-state index contributed by atoms with van der Waals surface area (Å²) < 4.78 is 4.96. The van der Waals surface area contributed by atoms with Crippen molar-refractivity contribution in [1.82, 2.24) is 0 Å². The van der Waals surface area contributed by atoms with Crippen molar-refractivity contribution in [2.75, 3.05) is 0 Å². The number of fused-ring (bicyclic) bond motifs is 1. The van der Waals surface area contributed by atoms with E-state index in [-0.39, 0.29) is 5.97 Å². The molecule has 66 valence electrons. The predicted octanol–water partition coefficient (Wildman–Crippen LogP) is 2.31. The first kappa shape index (κ1) is 8.05. The lowest BCUT2D eigenvalue weighted by atomic mass is 9.99. The number of benzene rings is 1. The van der Waals surface area contributed by atoms with Crippen LogP contribution < -0.4 is 0 Å². The molecule has 0 spiro atoms. The number of rotatable bonds is 1. The second kappa shape index (κ2) is 2.73. The third kappa shape index (κ3) is 1.06. The number of aryl methyl sites for hydroxylation is 1. The van der Waals surface area contributed by atoms with Crippen LogP contribution in [0.3, 0.4) is 0 Å². The molecule has 0 aromatic heterocycles. The van der Waals surface area contributed by atoms with E-state index in [4.69, 9.17) is 4.74 Å². The molecule has 1 aliphatic heterocycles. The number of carbonyl (C=O) groups is 1. The monoisotopic (exact) mass is 174 g/mol.